The molecular formula is C14H19N3O4. The number of carbonyl (C=O) groups excluding carboxylic acids is 1. The van der Waals surface area contributed by atoms with Crippen LogP contribution >= 0.6 is 0 Å². The minimum atomic E-state index is -0.856. The van der Waals surface area contributed by atoms with Gasteiger partial charge in [-0.25, -0.2) is 4.79 Å². The number of nitrogens with zero attached hydrogens (tertiary/aromatic N) is 2. The Hall–Kier alpha value is -2.18. The third-order valence-electron chi connectivity index (χ3n) is 3.90. The van der Waals surface area contributed by atoms with E-state index in [-0.39, 0.29) is 18.9 Å². The van der Waals surface area contributed by atoms with Crippen molar-refractivity contribution in [3.63, 3.8) is 0 Å². The molecule has 114 valence electrons. The fourth-order valence-electron chi connectivity index (χ4n) is 2.68. The summed E-state index contributed by atoms with van der Waals surface area (Å²) in [7, 11) is 0. The van der Waals surface area contributed by atoms with Gasteiger partial charge in [-0.3, -0.25) is 9.59 Å². The number of hydrogen-bond donors (Lipinski definition) is 2. The number of aliphatic carboxylic acids is 1. The quantitative estimate of drug-likeness (QED) is 0.831. The van der Waals surface area contributed by atoms with Crippen LogP contribution in [0, 0.1) is 19.8 Å². The molecule has 2 N–H and O–H groups in total. The van der Waals surface area contributed by atoms with Crippen LogP contribution in [0.4, 0.5) is 0 Å². The fraction of sp³-hybridized carbons (Fsp3) is 0.571. The lowest BCUT2D eigenvalue weighted by atomic mass is 9.97. The lowest BCUT2D eigenvalue weighted by Gasteiger charge is -2.31. The molecule has 1 aliphatic rings. The van der Waals surface area contributed by atoms with Gasteiger partial charge in [0.2, 0.25) is 5.91 Å². The molecule has 0 radical (unpaired) electrons. The number of amides is 1. The van der Waals surface area contributed by atoms with E-state index in [9.17, 15) is 14.4 Å². The van der Waals surface area contributed by atoms with E-state index < -0.39 is 17.6 Å². The van der Waals surface area contributed by atoms with E-state index in [2.05, 4.69) is 9.97 Å². The van der Waals surface area contributed by atoms with Crippen molar-refractivity contribution in [2.24, 2.45) is 5.92 Å². The Morgan fingerprint density at radius 1 is 1.43 bits per heavy atom. The summed E-state index contributed by atoms with van der Waals surface area (Å²) in [6.45, 7) is 4.26. The van der Waals surface area contributed by atoms with Crippen LogP contribution in [-0.2, 0) is 16.0 Å². The van der Waals surface area contributed by atoms with Crippen LogP contribution in [0.3, 0.4) is 0 Å². The summed E-state index contributed by atoms with van der Waals surface area (Å²) in [4.78, 5) is 42.6. The molecule has 0 unspecified atom stereocenters. The number of piperidine rings is 1. The van der Waals surface area contributed by atoms with Crippen molar-refractivity contribution < 1.29 is 14.7 Å². The molecule has 1 fully saturated rings. The van der Waals surface area contributed by atoms with Crippen molar-refractivity contribution in [2.75, 3.05) is 13.1 Å². The normalized spacial score (nSPS) is 18.6. The molecule has 1 saturated heterocycles. The summed E-state index contributed by atoms with van der Waals surface area (Å²) in [5.74, 6) is -1.47. The van der Waals surface area contributed by atoms with E-state index >= 15 is 0 Å². The summed E-state index contributed by atoms with van der Waals surface area (Å²) in [6, 6.07) is 0. The van der Waals surface area contributed by atoms with E-state index in [0.717, 1.165) is 0 Å². The highest BCUT2D eigenvalue weighted by Gasteiger charge is 2.28. The number of rotatable bonds is 3. The van der Waals surface area contributed by atoms with E-state index in [1.165, 1.54) is 0 Å². The minimum absolute atomic E-state index is 0.124. The first-order valence-corrected chi connectivity index (χ1v) is 6.95. The number of carboxylic acid groups (broad SMARTS) is 1. The first kappa shape index (κ1) is 15.2. The Kier molecular flexibility index (Phi) is 4.40. The number of likely N-dealkylation sites (tertiary alicyclic amines) is 1. The van der Waals surface area contributed by atoms with Gasteiger partial charge >= 0.3 is 11.7 Å². The maximum absolute atomic E-state index is 12.3. The van der Waals surface area contributed by atoms with Crippen molar-refractivity contribution in [1.29, 1.82) is 0 Å². The topological polar surface area (TPSA) is 103 Å². The molecule has 1 aliphatic heterocycles. The highest BCUT2D eigenvalue weighted by molar-refractivity contribution is 5.80. The Morgan fingerprint density at radius 2 is 2.14 bits per heavy atom. The molecular weight excluding hydrogens is 274 g/mol. The second kappa shape index (κ2) is 6.07. The third-order valence-corrected chi connectivity index (χ3v) is 3.90. The Labute approximate surface area is 122 Å². The number of hydrogen-bond acceptors (Lipinski definition) is 4. The predicted molar refractivity (Wildman–Crippen MR) is 75.0 cm³/mol. The lowest BCUT2D eigenvalue weighted by Crippen LogP contribution is -2.43. The first-order valence-electron chi connectivity index (χ1n) is 6.95. The highest BCUT2D eigenvalue weighted by Crippen LogP contribution is 2.18. The smallest absolute Gasteiger partial charge is 0.345 e. The van der Waals surface area contributed by atoms with Gasteiger partial charge in [0.05, 0.1) is 12.3 Å². The largest absolute Gasteiger partial charge is 0.481 e. The molecule has 0 saturated carbocycles. The fourth-order valence-corrected chi connectivity index (χ4v) is 2.68. The Morgan fingerprint density at radius 3 is 2.76 bits per heavy atom. The molecule has 1 amide bonds. The molecule has 1 atom stereocenters. The standard InChI is InChI=1S/C14H19N3O4/c1-8-11(9(2)16-14(21)15-8)6-12(18)17-5-3-4-10(7-17)13(19)20/h10H,3-7H2,1-2H3,(H,19,20)(H,15,16,21)/t10-/m1/s1. The van der Waals surface area contributed by atoms with Crippen molar-refractivity contribution >= 4 is 11.9 Å². The molecule has 0 bridgehead atoms. The second-order valence-corrected chi connectivity index (χ2v) is 5.42. The average molecular weight is 293 g/mol. The molecule has 21 heavy (non-hydrogen) atoms. The van der Waals surface area contributed by atoms with E-state index in [0.29, 0.717) is 36.3 Å². The van der Waals surface area contributed by atoms with E-state index in [4.69, 9.17) is 5.11 Å². The molecule has 1 aromatic rings. The van der Waals surface area contributed by atoms with E-state index in [1.807, 2.05) is 0 Å². The molecule has 0 aliphatic carbocycles. The van der Waals surface area contributed by atoms with Gasteiger partial charge in [-0.05, 0) is 26.7 Å². The number of carbonyl (C=O) groups is 2. The Bertz CT molecular complexity index is 597. The zero-order valence-corrected chi connectivity index (χ0v) is 12.2. The summed E-state index contributed by atoms with van der Waals surface area (Å²) in [6.07, 6.45) is 1.44. The van der Waals surface area contributed by atoms with Crippen LogP contribution < -0.4 is 5.69 Å². The highest BCUT2D eigenvalue weighted by atomic mass is 16.4. The molecule has 0 aromatic carbocycles. The van der Waals surface area contributed by atoms with Gasteiger partial charge in [0.15, 0.2) is 0 Å². The predicted octanol–water partition coefficient (Wildman–Crippen LogP) is 0.252. The van der Waals surface area contributed by atoms with Crippen LogP contribution in [-0.4, -0.2) is 44.9 Å². The molecule has 0 spiro atoms. The molecule has 1 aromatic heterocycles. The molecule has 7 heteroatoms. The van der Waals surface area contributed by atoms with Gasteiger partial charge in [0.25, 0.3) is 0 Å². The monoisotopic (exact) mass is 293 g/mol. The van der Waals surface area contributed by atoms with Crippen LogP contribution in [0.15, 0.2) is 4.79 Å². The van der Waals surface area contributed by atoms with Gasteiger partial charge in [-0.2, -0.15) is 4.98 Å². The van der Waals surface area contributed by atoms with Crippen molar-refractivity contribution in [3.8, 4) is 0 Å². The molecule has 7 nitrogen and oxygen atoms in total. The summed E-state index contributed by atoms with van der Waals surface area (Å²) >= 11 is 0. The lowest BCUT2D eigenvalue weighted by molar-refractivity contribution is -0.145. The summed E-state index contributed by atoms with van der Waals surface area (Å²) in [5, 5.41) is 9.06. The zero-order valence-electron chi connectivity index (χ0n) is 12.2. The molecule has 2 rings (SSSR count). The Balaban J connectivity index is 2.11. The maximum Gasteiger partial charge on any atom is 0.345 e. The average Bonchev–Trinajstić information content (AvgIpc) is 2.42. The maximum atomic E-state index is 12.3. The van der Waals surface area contributed by atoms with Gasteiger partial charge in [-0.1, -0.05) is 0 Å². The minimum Gasteiger partial charge on any atom is -0.481 e. The van der Waals surface area contributed by atoms with Gasteiger partial charge in [0, 0.05) is 30.0 Å². The van der Waals surface area contributed by atoms with Crippen molar-refractivity contribution in [3.05, 3.63) is 27.4 Å². The zero-order chi connectivity index (χ0) is 15.6. The second-order valence-electron chi connectivity index (χ2n) is 5.42. The number of H-pyrrole nitrogens is 1. The van der Waals surface area contributed by atoms with Gasteiger partial charge in [0.1, 0.15) is 0 Å². The SMILES string of the molecule is Cc1nc(=O)[nH]c(C)c1CC(=O)N1CCC[C@@H](C(=O)O)C1. The van der Waals surface area contributed by atoms with Crippen LogP contribution in [0.1, 0.15) is 29.8 Å². The number of aromatic amines is 1. The van der Waals surface area contributed by atoms with Crippen molar-refractivity contribution in [2.45, 2.75) is 33.1 Å². The number of aryl methyl sites for hydroxylation is 2. The van der Waals surface area contributed by atoms with Crippen LogP contribution in [0.25, 0.3) is 0 Å². The number of nitrogens with one attached hydrogen (secondary N) is 1. The summed E-state index contributed by atoms with van der Waals surface area (Å²) in [5.41, 5.74) is 1.45. The van der Waals surface area contributed by atoms with Gasteiger partial charge < -0.3 is 15.0 Å². The third kappa shape index (κ3) is 3.48. The van der Waals surface area contributed by atoms with Crippen LogP contribution in [0.5, 0.6) is 0 Å². The first-order chi connectivity index (χ1) is 9.88. The van der Waals surface area contributed by atoms with Gasteiger partial charge in [-0.15, -0.1) is 0 Å². The number of aromatic nitrogens is 2. The van der Waals surface area contributed by atoms with Crippen LogP contribution in [0.2, 0.25) is 0 Å². The van der Waals surface area contributed by atoms with Crippen molar-refractivity contribution in [1.82, 2.24) is 14.9 Å². The molecule has 2 heterocycles. The van der Waals surface area contributed by atoms with E-state index in [1.54, 1.807) is 18.7 Å². The number of carboxylic acids is 1. The summed E-state index contributed by atoms with van der Waals surface area (Å²) < 4.78 is 0.